The second-order valence-corrected chi connectivity index (χ2v) is 5.54. The molecule has 0 heterocycles. The number of hydrazone groups is 1. The van der Waals surface area contributed by atoms with Crippen LogP contribution in [0.2, 0.25) is 0 Å². The summed E-state index contributed by atoms with van der Waals surface area (Å²) in [6.45, 7) is -0.153. The van der Waals surface area contributed by atoms with E-state index in [0.29, 0.717) is 22.9 Å². The van der Waals surface area contributed by atoms with E-state index >= 15 is 0 Å². The topological polar surface area (TPSA) is 72.4 Å². The Morgan fingerprint density at radius 1 is 1.08 bits per heavy atom. The highest BCUT2D eigenvalue weighted by Gasteiger charge is 2.10. The number of amides is 1. The molecular formula is C19H23N3O4. The third-order valence-electron chi connectivity index (χ3n) is 3.37. The first kappa shape index (κ1) is 19.1. The van der Waals surface area contributed by atoms with Crippen molar-refractivity contribution in [3.8, 4) is 17.2 Å². The van der Waals surface area contributed by atoms with Gasteiger partial charge < -0.3 is 24.5 Å². The minimum atomic E-state index is -0.296. The van der Waals surface area contributed by atoms with Gasteiger partial charge in [0.15, 0.2) is 18.1 Å². The maximum atomic E-state index is 12.1. The van der Waals surface area contributed by atoms with Crippen LogP contribution in [0.5, 0.6) is 17.2 Å². The first-order valence-electron chi connectivity index (χ1n) is 7.98. The van der Waals surface area contributed by atoms with Crippen LogP contribution >= 0.6 is 0 Å². The summed E-state index contributed by atoms with van der Waals surface area (Å²) in [5.41, 5.74) is 1.45. The van der Waals surface area contributed by atoms with Crippen LogP contribution in [0.4, 0.5) is 5.69 Å². The molecule has 2 rings (SSSR count). The Labute approximate surface area is 153 Å². The summed E-state index contributed by atoms with van der Waals surface area (Å²) < 4.78 is 16.1. The second kappa shape index (κ2) is 9.31. The number of nitrogens with one attached hydrogen (secondary N) is 1. The van der Waals surface area contributed by atoms with Crippen molar-refractivity contribution in [1.82, 2.24) is 5.01 Å². The van der Waals surface area contributed by atoms with Crippen molar-refractivity contribution in [3.63, 3.8) is 0 Å². The van der Waals surface area contributed by atoms with E-state index in [4.69, 9.17) is 14.2 Å². The van der Waals surface area contributed by atoms with Crippen molar-refractivity contribution in [2.24, 2.45) is 5.10 Å². The lowest BCUT2D eigenvalue weighted by molar-refractivity contribution is -0.118. The highest BCUT2D eigenvalue weighted by molar-refractivity contribution is 5.93. The molecule has 0 saturated heterocycles. The van der Waals surface area contributed by atoms with E-state index in [1.807, 2.05) is 32.3 Å². The number of carbonyl (C=O) groups is 1. The van der Waals surface area contributed by atoms with Crippen LogP contribution in [0.25, 0.3) is 0 Å². The van der Waals surface area contributed by atoms with Gasteiger partial charge in [0.1, 0.15) is 5.75 Å². The molecule has 7 heteroatoms. The lowest BCUT2D eigenvalue weighted by Crippen LogP contribution is -2.20. The van der Waals surface area contributed by atoms with E-state index in [2.05, 4.69) is 10.4 Å². The molecule has 0 aromatic heterocycles. The van der Waals surface area contributed by atoms with Gasteiger partial charge in [-0.1, -0.05) is 12.1 Å². The summed E-state index contributed by atoms with van der Waals surface area (Å²) in [6, 6.07) is 12.5. The minimum Gasteiger partial charge on any atom is -0.495 e. The first-order valence-corrected chi connectivity index (χ1v) is 7.98. The molecular weight excluding hydrogens is 334 g/mol. The molecule has 0 aliphatic carbocycles. The van der Waals surface area contributed by atoms with Crippen LogP contribution in [-0.4, -0.2) is 52.1 Å². The monoisotopic (exact) mass is 357 g/mol. The number of methoxy groups -OCH3 is 2. The van der Waals surface area contributed by atoms with Crippen LogP contribution in [0.15, 0.2) is 47.6 Å². The van der Waals surface area contributed by atoms with Gasteiger partial charge in [-0.05, 0) is 35.9 Å². The summed E-state index contributed by atoms with van der Waals surface area (Å²) in [5, 5.41) is 8.62. The SMILES string of the molecule is COc1ccccc1NC(=O)COc1ccc(/C=N/N(C)C)cc1OC. The van der Waals surface area contributed by atoms with Gasteiger partial charge in [-0.3, -0.25) is 4.79 Å². The van der Waals surface area contributed by atoms with E-state index < -0.39 is 0 Å². The Balaban J connectivity index is 2.01. The van der Waals surface area contributed by atoms with Crippen molar-refractivity contribution >= 4 is 17.8 Å². The molecule has 138 valence electrons. The number of hydrogen-bond acceptors (Lipinski definition) is 6. The summed E-state index contributed by atoms with van der Waals surface area (Å²) in [7, 11) is 6.77. The Morgan fingerprint density at radius 2 is 1.81 bits per heavy atom. The second-order valence-electron chi connectivity index (χ2n) is 5.54. The zero-order valence-corrected chi connectivity index (χ0v) is 15.4. The van der Waals surface area contributed by atoms with Crippen LogP contribution < -0.4 is 19.5 Å². The van der Waals surface area contributed by atoms with Gasteiger partial charge in [0, 0.05) is 14.1 Å². The number of ether oxygens (including phenoxy) is 3. The van der Waals surface area contributed by atoms with Crippen molar-refractivity contribution in [1.29, 1.82) is 0 Å². The third kappa shape index (κ3) is 5.41. The van der Waals surface area contributed by atoms with Crippen molar-refractivity contribution in [2.45, 2.75) is 0 Å². The van der Waals surface area contributed by atoms with E-state index in [0.717, 1.165) is 5.56 Å². The summed E-state index contributed by atoms with van der Waals surface area (Å²) in [6.07, 6.45) is 1.71. The maximum Gasteiger partial charge on any atom is 0.262 e. The normalized spacial score (nSPS) is 10.5. The Bertz CT molecular complexity index is 775. The van der Waals surface area contributed by atoms with E-state index in [-0.39, 0.29) is 12.5 Å². The highest BCUT2D eigenvalue weighted by Crippen LogP contribution is 2.28. The lowest BCUT2D eigenvalue weighted by atomic mass is 10.2. The molecule has 0 radical (unpaired) electrons. The Morgan fingerprint density at radius 3 is 2.50 bits per heavy atom. The zero-order valence-electron chi connectivity index (χ0n) is 15.4. The molecule has 0 bridgehead atoms. The molecule has 0 saturated carbocycles. The molecule has 26 heavy (non-hydrogen) atoms. The minimum absolute atomic E-state index is 0.153. The molecule has 0 aliphatic heterocycles. The van der Waals surface area contributed by atoms with Gasteiger partial charge in [-0.2, -0.15) is 5.10 Å². The quantitative estimate of drug-likeness (QED) is 0.581. The number of rotatable bonds is 8. The predicted octanol–water partition coefficient (Wildman–Crippen LogP) is 2.62. The zero-order chi connectivity index (χ0) is 18.9. The molecule has 0 aliphatic rings. The fraction of sp³-hybridized carbons (Fsp3) is 0.263. The number of nitrogens with zero attached hydrogens (tertiary/aromatic N) is 2. The largest absolute Gasteiger partial charge is 0.495 e. The van der Waals surface area contributed by atoms with Gasteiger partial charge in [0.05, 0.1) is 26.1 Å². The highest BCUT2D eigenvalue weighted by atomic mass is 16.5. The van der Waals surface area contributed by atoms with E-state index in [9.17, 15) is 4.79 Å². The number of benzene rings is 2. The molecule has 7 nitrogen and oxygen atoms in total. The van der Waals surface area contributed by atoms with E-state index in [1.165, 1.54) is 0 Å². The first-order chi connectivity index (χ1) is 12.5. The summed E-state index contributed by atoms with van der Waals surface area (Å²) >= 11 is 0. The molecule has 0 fully saturated rings. The average Bonchev–Trinajstić information content (AvgIpc) is 2.65. The lowest BCUT2D eigenvalue weighted by Gasteiger charge is -2.13. The van der Waals surface area contributed by atoms with Crippen LogP contribution in [-0.2, 0) is 4.79 Å². The fourth-order valence-corrected chi connectivity index (χ4v) is 2.14. The van der Waals surface area contributed by atoms with Crippen molar-refractivity contribution in [3.05, 3.63) is 48.0 Å². The number of carbonyl (C=O) groups excluding carboxylic acids is 1. The van der Waals surface area contributed by atoms with Crippen molar-refractivity contribution < 1.29 is 19.0 Å². The predicted molar refractivity (Wildman–Crippen MR) is 101 cm³/mol. The average molecular weight is 357 g/mol. The summed E-state index contributed by atoms with van der Waals surface area (Å²) in [5.74, 6) is 1.29. The molecule has 1 N–H and O–H groups in total. The van der Waals surface area contributed by atoms with Gasteiger partial charge >= 0.3 is 0 Å². The molecule has 0 unspecified atom stereocenters. The number of anilines is 1. The number of para-hydroxylation sites is 2. The standard InChI is InChI=1S/C19H23N3O4/c1-22(2)20-12-14-9-10-17(18(11-14)25-4)26-13-19(23)21-15-7-5-6-8-16(15)24-3/h5-12H,13H2,1-4H3,(H,21,23)/b20-12+. The van der Waals surface area contributed by atoms with Gasteiger partial charge in [0.25, 0.3) is 5.91 Å². The smallest absolute Gasteiger partial charge is 0.262 e. The van der Waals surface area contributed by atoms with E-state index in [1.54, 1.807) is 49.7 Å². The maximum absolute atomic E-state index is 12.1. The van der Waals surface area contributed by atoms with Crippen molar-refractivity contribution in [2.75, 3.05) is 40.2 Å². The Kier molecular flexibility index (Phi) is 6.84. The molecule has 2 aromatic rings. The fourth-order valence-electron chi connectivity index (χ4n) is 2.14. The van der Waals surface area contributed by atoms with Gasteiger partial charge in [-0.25, -0.2) is 0 Å². The molecule has 2 aromatic carbocycles. The van der Waals surface area contributed by atoms with Crippen LogP contribution in [0, 0.1) is 0 Å². The third-order valence-corrected chi connectivity index (χ3v) is 3.37. The van der Waals surface area contributed by atoms with Crippen LogP contribution in [0.3, 0.4) is 0 Å². The van der Waals surface area contributed by atoms with Crippen LogP contribution in [0.1, 0.15) is 5.56 Å². The Hall–Kier alpha value is -3.22. The summed E-state index contributed by atoms with van der Waals surface area (Å²) in [4.78, 5) is 12.1. The number of hydrogen-bond donors (Lipinski definition) is 1. The molecule has 0 atom stereocenters. The molecule has 1 amide bonds. The molecule has 0 spiro atoms. The van der Waals surface area contributed by atoms with Gasteiger partial charge in [-0.15, -0.1) is 0 Å². The van der Waals surface area contributed by atoms with Gasteiger partial charge in [0.2, 0.25) is 0 Å².